The largest absolute Gasteiger partial charge is 0.399 e. The summed E-state index contributed by atoms with van der Waals surface area (Å²) in [5.41, 5.74) is 5.78. The molecule has 1 heterocycles. The Kier molecular flexibility index (Phi) is 4.46. The van der Waals surface area contributed by atoms with Gasteiger partial charge in [-0.15, -0.1) is 0 Å². The van der Waals surface area contributed by atoms with Crippen LogP contribution in [0.5, 0.6) is 0 Å². The molecule has 1 aromatic carbocycles. The van der Waals surface area contributed by atoms with Crippen molar-refractivity contribution in [3.63, 3.8) is 0 Å². The summed E-state index contributed by atoms with van der Waals surface area (Å²) >= 11 is 12.5. The van der Waals surface area contributed by atoms with E-state index in [4.69, 9.17) is 33.7 Å². The lowest BCUT2D eigenvalue weighted by Crippen LogP contribution is -2.44. The normalized spacial score (nSPS) is 24.4. The summed E-state index contributed by atoms with van der Waals surface area (Å²) in [4.78, 5) is 0. The quantitative estimate of drug-likeness (QED) is 0.814. The molecule has 2 unspecified atom stereocenters. The first-order valence-electron chi connectivity index (χ1n) is 7.46. The van der Waals surface area contributed by atoms with Crippen LogP contribution in [0.4, 0.5) is 0 Å². The van der Waals surface area contributed by atoms with Crippen molar-refractivity contribution >= 4 is 23.2 Å². The molecule has 25 heavy (non-hydrogen) atoms. The lowest BCUT2D eigenvalue weighted by Gasteiger charge is -2.43. The van der Waals surface area contributed by atoms with Crippen LogP contribution in [0.15, 0.2) is 41.1 Å². The number of fused-ring (bicyclic) bond motifs is 1. The molecule has 1 aromatic rings. The van der Waals surface area contributed by atoms with Crippen molar-refractivity contribution in [3.05, 3.63) is 56.7 Å². The van der Waals surface area contributed by atoms with Gasteiger partial charge in [-0.3, -0.25) is 0 Å². The van der Waals surface area contributed by atoms with Crippen molar-refractivity contribution in [2.45, 2.75) is 5.92 Å². The van der Waals surface area contributed by atoms with Gasteiger partial charge in [0.05, 0.1) is 46.7 Å². The molecule has 2 atom stereocenters. The third-order valence-electron chi connectivity index (χ3n) is 4.75. The lowest BCUT2D eigenvalue weighted by atomic mass is 9.58. The zero-order valence-corrected chi connectivity index (χ0v) is 14.5. The van der Waals surface area contributed by atoms with Gasteiger partial charge in [-0.05, 0) is 17.2 Å². The number of hydrogen-bond acceptors (Lipinski definition) is 5. The summed E-state index contributed by atoms with van der Waals surface area (Å²) in [5, 5.41) is 29.9. The molecule has 0 bridgehead atoms. The molecule has 1 aliphatic heterocycles. The average Bonchev–Trinajstić information content (AvgIpc) is 2.64. The molecule has 0 saturated carbocycles. The van der Waals surface area contributed by atoms with Crippen LogP contribution in [-0.4, -0.2) is 13.2 Å². The molecule has 1 aliphatic carbocycles. The fourth-order valence-electron chi connectivity index (χ4n) is 3.59. The van der Waals surface area contributed by atoms with E-state index in [0.29, 0.717) is 22.8 Å². The third kappa shape index (κ3) is 2.39. The zero-order valence-electron chi connectivity index (χ0n) is 13.0. The number of halogens is 2. The Morgan fingerprint density at radius 2 is 1.92 bits per heavy atom. The van der Waals surface area contributed by atoms with Gasteiger partial charge in [-0.25, -0.2) is 0 Å². The van der Waals surface area contributed by atoms with E-state index in [1.165, 1.54) is 0 Å². The molecule has 3 rings (SSSR count). The number of allylic oxidation sites excluding steroid dienone is 2. The Morgan fingerprint density at radius 1 is 1.20 bits per heavy atom. The van der Waals surface area contributed by atoms with Crippen molar-refractivity contribution in [1.82, 2.24) is 0 Å². The number of nitriles is 3. The SMILES string of the molecule is N#CC1=C(N)C(C#N)(C#N)C(c2cccc(Cl)c2Cl)C2COCC=C12. The molecular weight excluding hydrogens is 359 g/mol. The average molecular weight is 371 g/mol. The summed E-state index contributed by atoms with van der Waals surface area (Å²) in [7, 11) is 0. The predicted octanol–water partition coefficient (Wildman–Crippen LogP) is 3.43. The molecule has 0 amide bonds. The number of hydrogen-bond donors (Lipinski definition) is 1. The maximum absolute atomic E-state index is 9.88. The second-order valence-electron chi connectivity index (χ2n) is 5.86. The first-order valence-corrected chi connectivity index (χ1v) is 8.22. The molecule has 0 saturated heterocycles. The summed E-state index contributed by atoms with van der Waals surface area (Å²) in [6.07, 6.45) is 1.77. The second-order valence-corrected chi connectivity index (χ2v) is 6.64. The molecule has 0 spiro atoms. The molecule has 7 heteroatoms. The Hall–Kier alpha value is -2.49. The predicted molar refractivity (Wildman–Crippen MR) is 92.1 cm³/mol. The lowest BCUT2D eigenvalue weighted by molar-refractivity contribution is 0.0979. The van der Waals surface area contributed by atoms with Gasteiger partial charge in [0.2, 0.25) is 0 Å². The van der Waals surface area contributed by atoms with Gasteiger partial charge in [-0.1, -0.05) is 41.4 Å². The highest BCUT2D eigenvalue weighted by molar-refractivity contribution is 6.42. The van der Waals surface area contributed by atoms with E-state index in [9.17, 15) is 15.8 Å². The van der Waals surface area contributed by atoms with E-state index in [-0.39, 0.29) is 22.9 Å². The third-order valence-corrected chi connectivity index (χ3v) is 5.58. The zero-order chi connectivity index (χ0) is 18.2. The minimum absolute atomic E-state index is 0.0505. The molecule has 0 radical (unpaired) electrons. The highest BCUT2D eigenvalue weighted by Crippen LogP contribution is 2.55. The van der Waals surface area contributed by atoms with E-state index in [1.54, 1.807) is 24.3 Å². The Morgan fingerprint density at radius 3 is 2.56 bits per heavy atom. The van der Waals surface area contributed by atoms with Gasteiger partial charge >= 0.3 is 0 Å². The summed E-state index contributed by atoms with van der Waals surface area (Å²) < 4.78 is 5.53. The minimum atomic E-state index is -1.73. The summed E-state index contributed by atoms with van der Waals surface area (Å²) in [6.45, 7) is 0.593. The number of nitrogens with zero attached hydrogens (tertiary/aromatic N) is 3. The van der Waals surface area contributed by atoms with E-state index >= 15 is 0 Å². The number of benzene rings is 1. The fraction of sp³-hybridized carbons (Fsp3) is 0.278. The molecule has 0 fully saturated rings. The standard InChI is InChI=1S/C18H12Cl2N4O/c19-14-3-1-2-11(16(14)20)15-13-7-25-5-4-10(13)12(6-21)17(24)18(15,8-22)9-23/h1-4,13,15H,5,7,24H2. The van der Waals surface area contributed by atoms with Crippen molar-refractivity contribution in [2.24, 2.45) is 17.1 Å². The molecule has 124 valence electrons. The summed E-state index contributed by atoms with van der Waals surface area (Å²) in [5.74, 6) is -1.09. The highest BCUT2D eigenvalue weighted by Gasteiger charge is 2.54. The van der Waals surface area contributed by atoms with Crippen molar-refractivity contribution in [1.29, 1.82) is 15.8 Å². The van der Waals surface area contributed by atoms with Gasteiger partial charge in [0, 0.05) is 11.8 Å². The maximum Gasteiger partial charge on any atom is 0.191 e. The van der Waals surface area contributed by atoms with Crippen LogP contribution in [0.25, 0.3) is 0 Å². The van der Waals surface area contributed by atoms with E-state index in [2.05, 4.69) is 0 Å². The van der Waals surface area contributed by atoms with Crippen LogP contribution in [0.3, 0.4) is 0 Å². The number of rotatable bonds is 1. The van der Waals surface area contributed by atoms with Gasteiger partial charge in [0.15, 0.2) is 5.41 Å². The van der Waals surface area contributed by atoms with Gasteiger partial charge < -0.3 is 10.5 Å². The van der Waals surface area contributed by atoms with Crippen LogP contribution >= 0.6 is 23.2 Å². The molecule has 0 aromatic heterocycles. The van der Waals surface area contributed by atoms with Crippen molar-refractivity contribution in [2.75, 3.05) is 13.2 Å². The molecular formula is C18H12Cl2N4O. The van der Waals surface area contributed by atoms with Crippen LogP contribution in [-0.2, 0) is 4.74 Å². The monoisotopic (exact) mass is 370 g/mol. The Labute approximate surface area is 155 Å². The van der Waals surface area contributed by atoms with Crippen LogP contribution in [0.1, 0.15) is 11.5 Å². The fourth-order valence-corrected chi connectivity index (χ4v) is 4.02. The van der Waals surface area contributed by atoms with E-state index in [0.717, 1.165) is 0 Å². The van der Waals surface area contributed by atoms with Crippen LogP contribution in [0, 0.1) is 45.3 Å². The van der Waals surface area contributed by atoms with Gasteiger partial charge in [0.25, 0.3) is 0 Å². The first-order chi connectivity index (χ1) is 12.0. The Bertz CT molecular complexity index is 916. The first kappa shape index (κ1) is 17.3. The van der Waals surface area contributed by atoms with E-state index in [1.807, 2.05) is 18.2 Å². The van der Waals surface area contributed by atoms with Crippen molar-refractivity contribution in [3.8, 4) is 18.2 Å². The maximum atomic E-state index is 9.88. The molecule has 5 nitrogen and oxygen atoms in total. The van der Waals surface area contributed by atoms with Crippen LogP contribution in [0.2, 0.25) is 10.0 Å². The molecule has 2 aliphatic rings. The van der Waals surface area contributed by atoms with Gasteiger partial charge in [-0.2, -0.15) is 15.8 Å². The van der Waals surface area contributed by atoms with Crippen molar-refractivity contribution < 1.29 is 4.74 Å². The minimum Gasteiger partial charge on any atom is -0.399 e. The highest BCUT2D eigenvalue weighted by atomic mass is 35.5. The van der Waals surface area contributed by atoms with Gasteiger partial charge in [0.1, 0.15) is 6.07 Å². The number of ether oxygens (including phenoxy) is 1. The van der Waals surface area contributed by atoms with Crippen LogP contribution < -0.4 is 5.73 Å². The smallest absolute Gasteiger partial charge is 0.191 e. The Balaban J connectivity index is 2.38. The van der Waals surface area contributed by atoms with E-state index < -0.39 is 17.3 Å². The topological polar surface area (TPSA) is 107 Å². The second kappa shape index (κ2) is 6.43. The summed E-state index contributed by atoms with van der Waals surface area (Å²) in [6, 6.07) is 11.2. The number of nitrogens with two attached hydrogens (primary N) is 1. The molecule has 2 N–H and O–H groups in total.